The average Bonchev–Trinajstić information content (AvgIpc) is 3.36. The highest BCUT2D eigenvalue weighted by Crippen LogP contribution is 2.33. The van der Waals surface area contributed by atoms with Crippen molar-refractivity contribution in [2.24, 2.45) is 0 Å². The van der Waals surface area contributed by atoms with E-state index in [1.807, 2.05) is 67.6 Å². The van der Waals surface area contributed by atoms with Gasteiger partial charge in [0.15, 0.2) is 0 Å². The number of benzene rings is 4. The number of aryl methyl sites for hydroxylation is 1. The molecule has 0 saturated carbocycles. The van der Waals surface area contributed by atoms with Gasteiger partial charge in [-0.25, -0.2) is 4.39 Å². The van der Waals surface area contributed by atoms with Crippen LogP contribution in [0.3, 0.4) is 0 Å². The molecule has 1 aromatic heterocycles. The number of para-hydroxylation sites is 1. The summed E-state index contributed by atoms with van der Waals surface area (Å²) in [6.45, 7) is 2.28. The molecule has 0 saturated heterocycles. The van der Waals surface area contributed by atoms with E-state index in [1.54, 1.807) is 42.7 Å². The van der Waals surface area contributed by atoms with Crippen LogP contribution in [0.5, 0.6) is 5.75 Å². The monoisotopic (exact) mass is 481 g/mol. The van der Waals surface area contributed by atoms with Crippen LogP contribution in [0.25, 0.3) is 21.2 Å². The van der Waals surface area contributed by atoms with Crippen LogP contribution in [0, 0.1) is 12.7 Å². The van der Waals surface area contributed by atoms with Crippen LogP contribution in [-0.4, -0.2) is 13.0 Å². The average molecular weight is 482 g/mol. The predicted octanol–water partition coefficient (Wildman–Crippen LogP) is 7.87. The minimum atomic E-state index is -0.427. The molecular weight excluding hydrogens is 457 g/mol. The lowest BCUT2D eigenvalue weighted by Crippen LogP contribution is -2.30. The number of fused-ring (bicyclic) bond motifs is 1. The van der Waals surface area contributed by atoms with E-state index in [2.05, 4.69) is 6.07 Å². The molecule has 4 aromatic carbocycles. The SMILES string of the molecule is COc1ccc(-c2ccc(CN(C(=O)c3ccc4ccccc4c3)c3ccccc3F)s2)cc1C. The maximum Gasteiger partial charge on any atom is 0.258 e. The van der Waals surface area contributed by atoms with Crippen LogP contribution < -0.4 is 9.64 Å². The molecule has 0 fully saturated rings. The fourth-order valence-corrected chi connectivity index (χ4v) is 5.21. The molecule has 5 heteroatoms. The van der Waals surface area contributed by atoms with Crippen molar-refractivity contribution in [1.82, 2.24) is 0 Å². The van der Waals surface area contributed by atoms with Crippen molar-refractivity contribution < 1.29 is 13.9 Å². The van der Waals surface area contributed by atoms with Crippen molar-refractivity contribution >= 4 is 33.7 Å². The summed E-state index contributed by atoms with van der Waals surface area (Å²) in [5.41, 5.74) is 2.92. The smallest absolute Gasteiger partial charge is 0.258 e. The molecule has 0 aliphatic heterocycles. The van der Waals surface area contributed by atoms with E-state index in [4.69, 9.17) is 4.74 Å². The predicted molar refractivity (Wildman–Crippen MR) is 142 cm³/mol. The molecule has 0 spiro atoms. The number of carbonyl (C=O) groups excluding carboxylic acids is 1. The quantitative estimate of drug-likeness (QED) is 0.247. The Morgan fingerprint density at radius 2 is 1.66 bits per heavy atom. The summed E-state index contributed by atoms with van der Waals surface area (Å²) in [5.74, 6) is 0.178. The zero-order valence-corrected chi connectivity index (χ0v) is 20.3. The minimum Gasteiger partial charge on any atom is -0.496 e. The van der Waals surface area contributed by atoms with Gasteiger partial charge in [-0.05, 0) is 83.4 Å². The molecule has 1 amide bonds. The fraction of sp³-hybridized carbons (Fsp3) is 0.100. The molecule has 0 aliphatic carbocycles. The molecule has 5 aromatic rings. The zero-order chi connectivity index (χ0) is 24.4. The van der Waals surface area contributed by atoms with Gasteiger partial charge in [0.05, 0.1) is 19.3 Å². The van der Waals surface area contributed by atoms with E-state index in [0.717, 1.165) is 37.4 Å². The van der Waals surface area contributed by atoms with Crippen molar-refractivity contribution in [3.63, 3.8) is 0 Å². The Bertz CT molecular complexity index is 1520. The standard InChI is InChI=1S/C30H24FNO2S/c1-20-17-23(13-15-28(20)34-2)29-16-14-25(35-29)19-32(27-10-6-5-9-26(27)31)30(33)24-12-11-21-7-3-4-8-22(21)18-24/h3-18H,19H2,1-2H3. The van der Waals surface area contributed by atoms with Crippen LogP contribution in [-0.2, 0) is 6.54 Å². The summed E-state index contributed by atoms with van der Waals surface area (Å²) in [4.78, 5) is 17.3. The van der Waals surface area contributed by atoms with Gasteiger partial charge in [-0.1, -0.05) is 42.5 Å². The second-order valence-electron chi connectivity index (χ2n) is 8.35. The number of amides is 1. The first-order valence-corrected chi connectivity index (χ1v) is 12.1. The van der Waals surface area contributed by atoms with E-state index in [1.165, 1.54) is 11.0 Å². The highest BCUT2D eigenvalue weighted by molar-refractivity contribution is 7.15. The van der Waals surface area contributed by atoms with E-state index < -0.39 is 5.82 Å². The van der Waals surface area contributed by atoms with E-state index in [9.17, 15) is 9.18 Å². The first-order chi connectivity index (χ1) is 17.0. The third-order valence-electron chi connectivity index (χ3n) is 6.04. The number of hydrogen-bond donors (Lipinski definition) is 0. The largest absolute Gasteiger partial charge is 0.496 e. The van der Waals surface area contributed by atoms with E-state index >= 15 is 0 Å². The lowest BCUT2D eigenvalue weighted by Gasteiger charge is -2.23. The lowest BCUT2D eigenvalue weighted by molar-refractivity contribution is 0.0984. The summed E-state index contributed by atoms with van der Waals surface area (Å²) in [7, 11) is 1.66. The van der Waals surface area contributed by atoms with Gasteiger partial charge in [-0.15, -0.1) is 11.3 Å². The number of thiophene rings is 1. The first-order valence-electron chi connectivity index (χ1n) is 11.3. The third-order valence-corrected chi connectivity index (χ3v) is 7.16. The first kappa shape index (κ1) is 22.8. The normalized spacial score (nSPS) is 10.9. The second kappa shape index (κ2) is 9.72. The minimum absolute atomic E-state index is 0.240. The summed E-state index contributed by atoms with van der Waals surface area (Å²) in [5, 5.41) is 2.03. The van der Waals surface area contributed by atoms with Crippen molar-refractivity contribution in [2.45, 2.75) is 13.5 Å². The molecule has 0 unspecified atom stereocenters. The number of rotatable bonds is 6. The van der Waals surface area contributed by atoms with Gasteiger partial charge in [-0.3, -0.25) is 4.79 Å². The molecule has 35 heavy (non-hydrogen) atoms. The number of carbonyl (C=O) groups is 1. The molecule has 0 aliphatic rings. The number of halogens is 1. The molecule has 0 radical (unpaired) electrons. The summed E-state index contributed by atoms with van der Waals surface area (Å²) >= 11 is 1.59. The number of anilines is 1. The van der Waals surface area contributed by atoms with Gasteiger partial charge < -0.3 is 9.64 Å². The Labute approximate surface area is 208 Å². The highest BCUT2D eigenvalue weighted by atomic mass is 32.1. The zero-order valence-electron chi connectivity index (χ0n) is 19.5. The maximum atomic E-state index is 14.9. The Balaban J connectivity index is 1.49. The maximum absolute atomic E-state index is 14.9. The summed E-state index contributed by atoms with van der Waals surface area (Å²) in [6, 6.07) is 30.0. The van der Waals surface area contributed by atoms with Gasteiger partial charge in [0.25, 0.3) is 5.91 Å². The van der Waals surface area contributed by atoms with Crippen molar-refractivity contribution in [1.29, 1.82) is 0 Å². The molecule has 5 rings (SSSR count). The third kappa shape index (κ3) is 4.68. The van der Waals surface area contributed by atoms with Crippen molar-refractivity contribution in [3.8, 4) is 16.2 Å². The molecule has 174 valence electrons. The number of nitrogens with zero attached hydrogens (tertiary/aromatic N) is 1. The summed E-state index contributed by atoms with van der Waals surface area (Å²) < 4.78 is 20.2. The number of ether oxygens (including phenoxy) is 1. The Morgan fingerprint density at radius 1 is 0.886 bits per heavy atom. The summed E-state index contributed by atoms with van der Waals surface area (Å²) in [6.07, 6.45) is 0. The highest BCUT2D eigenvalue weighted by Gasteiger charge is 2.22. The molecule has 0 atom stereocenters. The van der Waals surface area contributed by atoms with Gasteiger partial charge in [0.2, 0.25) is 0 Å². The molecule has 1 heterocycles. The van der Waals surface area contributed by atoms with Crippen LogP contribution in [0.4, 0.5) is 10.1 Å². The van der Waals surface area contributed by atoms with Gasteiger partial charge in [0.1, 0.15) is 11.6 Å². The van der Waals surface area contributed by atoms with Crippen LogP contribution in [0.15, 0.2) is 97.1 Å². The molecular formula is C30H24FNO2S. The van der Waals surface area contributed by atoms with E-state index in [-0.39, 0.29) is 18.1 Å². The van der Waals surface area contributed by atoms with Crippen LogP contribution >= 0.6 is 11.3 Å². The lowest BCUT2D eigenvalue weighted by atomic mass is 10.1. The molecule has 3 nitrogen and oxygen atoms in total. The number of hydrogen-bond acceptors (Lipinski definition) is 3. The van der Waals surface area contributed by atoms with Gasteiger partial charge >= 0.3 is 0 Å². The second-order valence-corrected chi connectivity index (χ2v) is 9.52. The van der Waals surface area contributed by atoms with Crippen molar-refractivity contribution in [2.75, 3.05) is 12.0 Å². The Kier molecular flexibility index (Phi) is 6.34. The topological polar surface area (TPSA) is 29.5 Å². The fourth-order valence-electron chi connectivity index (χ4n) is 4.22. The Hall–Kier alpha value is -3.96. The Morgan fingerprint density at radius 3 is 2.43 bits per heavy atom. The van der Waals surface area contributed by atoms with E-state index in [0.29, 0.717) is 5.56 Å². The molecule has 0 bridgehead atoms. The van der Waals surface area contributed by atoms with Gasteiger partial charge in [0, 0.05) is 15.3 Å². The van der Waals surface area contributed by atoms with Crippen LogP contribution in [0.2, 0.25) is 0 Å². The van der Waals surface area contributed by atoms with Gasteiger partial charge in [-0.2, -0.15) is 0 Å². The van der Waals surface area contributed by atoms with Crippen molar-refractivity contribution in [3.05, 3.63) is 119 Å². The van der Waals surface area contributed by atoms with Crippen LogP contribution in [0.1, 0.15) is 20.8 Å². The molecule has 0 N–H and O–H groups in total. The number of methoxy groups -OCH3 is 1.